The summed E-state index contributed by atoms with van der Waals surface area (Å²) in [6, 6.07) is 0. The number of alkyl halides is 1. The summed E-state index contributed by atoms with van der Waals surface area (Å²) in [4.78, 5) is -0.528. The molecule has 0 spiro atoms. The molecule has 3 atom stereocenters. The molecule has 1 saturated carbocycles. The average Bonchev–Trinajstić information content (AvgIpc) is 2.03. The largest absolute Gasteiger partial charge is 0.411 e. The minimum atomic E-state index is -0.528. The topological polar surface area (TPSA) is 52.8 Å². The van der Waals surface area contributed by atoms with Crippen LogP contribution in [0.3, 0.4) is 0 Å². The lowest BCUT2D eigenvalue weighted by atomic mass is 9.78. The third-order valence-corrected chi connectivity index (χ3v) is 3.25. The van der Waals surface area contributed by atoms with Crippen LogP contribution in [0.1, 0.15) is 33.1 Å². The summed E-state index contributed by atoms with van der Waals surface area (Å²) in [5.74, 6) is 0.178. The van der Waals surface area contributed by atoms with Gasteiger partial charge in [0.2, 0.25) is 0 Å². The lowest BCUT2D eigenvalue weighted by Crippen LogP contribution is -2.38. The van der Waals surface area contributed by atoms with Gasteiger partial charge in [0.05, 0.1) is 16.7 Å². The van der Waals surface area contributed by atoms with Crippen molar-refractivity contribution in [2.24, 2.45) is 11.1 Å². The monoisotopic (exact) mass is 205 g/mol. The number of rotatable bonds is 1. The van der Waals surface area contributed by atoms with Gasteiger partial charge in [-0.3, -0.25) is 0 Å². The smallest absolute Gasteiger partial charge is 0.0832 e. The van der Waals surface area contributed by atoms with Crippen LogP contribution >= 0.6 is 11.6 Å². The highest BCUT2D eigenvalue weighted by atomic mass is 35.5. The first-order chi connectivity index (χ1) is 5.97. The molecule has 1 aliphatic rings. The van der Waals surface area contributed by atoms with Gasteiger partial charge in [0, 0.05) is 0 Å². The SMILES string of the molecule is CC(O)C1CCC(C)(Cl)C(=NO)C1. The van der Waals surface area contributed by atoms with Crippen molar-refractivity contribution in [3.63, 3.8) is 0 Å². The van der Waals surface area contributed by atoms with E-state index in [1.807, 2.05) is 6.92 Å². The minimum Gasteiger partial charge on any atom is -0.411 e. The molecule has 3 nitrogen and oxygen atoms in total. The summed E-state index contributed by atoms with van der Waals surface area (Å²) in [6.07, 6.45) is 1.87. The molecule has 0 bridgehead atoms. The Balaban J connectivity index is 2.70. The molecule has 0 heterocycles. The van der Waals surface area contributed by atoms with Crippen LogP contribution in [0.4, 0.5) is 0 Å². The van der Waals surface area contributed by atoms with Crippen molar-refractivity contribution in [3.05, 3.63) is 0 Å². The maximum absolute atomic E-state index is 9.38. The van der Waals surface area contributed by atoms with E-state index in [2.05, 4.69) is 5.16 Å². The quantitative estimate of drug-likeness (QED) is 0.391. The van der Waals surface area contributed by atoms with Gasteiger partial charge in [-0.15, -0.1) is 11.6 Å². The molecule has 2 N–H and O–H groups in total. The molecule has 0 aromatic carbocycles. The van der Waals surface area contributed by atoms with Crippen molar-refractivity contribution in [1.82, 2.24) is 0 Å². The van der Waals surface area contributed by atoms with Crippen LogP contribution in [0.15, 0.2) is 5.16 Å². The number of aliphatic hydroxyl groups excluding tert-OH is 1. The van der Waals surface area contributed by atoms with Crippen molar-refractivity contribution in [1.29, 1.82) is 0 Å². The van der Waals surface area contributed by atoms with E-state index >= 15 is 0 Å². The van der Waals surface area contributed by atoms with Gasteiger partial charge in [0.15, 0.2) is 0 Å². The fourth-order valence-electron chi connectivity index (χ4n) is 1.72. The molecular weight excluding hydrogens is 190 g/mol. The number of aliphatic hydroxyl groups is 1. The van der Waals surface area contributed by atoms with Crippen LogP contribution in [-0.2, 0) is 0 Å². The summed E-state index contributed by atoms with van der Waals surface area (Å²) in [7, 11) is 0. The highest BCUT2D eigenvalue weighted by Crippen LogP contribution is 2.35. The zero-order valence-corrected chi connectivity index (χ0v) is 8.75. The van der Waals surface area contributed by atoms with Gasteiger partial charge in [0.25, 0.3) is 0 Å². The molecule has 76 valence electrons. The number of hydrogen-bond donors (Lipinski definition) is 2. The Hall–Kier alpha value is -0.280. The third-order valence-electron chi connectivity index (χ3n) is 2.84. The average molecular weight is 206 g/mol. The molecule has 1 rings (SSSR count). The van der Waals surface area contributed by atoms with Crippen LogP contribution in [-0.4, -0.2) is 27.0 Å². The zero-order chi connectivity index (χ0) is 10.1. The Morgan fingerprint density at radius 1 is 1.69 bits per heavy atom. The van der Waals surface area contributed by atoms with Crippen LogP contribution in [0, 0.1) is 5.92 Å². The Labute approximate surface area is 83.4 Å². The number of hydrogen-bond acceptors (Lipinski definition) is 3. The number of nitrogens with zero attached hydrogens (tertiary/aromatic N) is 1. The first kappa shape index (κ1) is 10.8. The van der Waals surface area contributed by atoms with Crippen molar-refractivity contribution >= 4 is 17.3 Å². The molecule has 0 radical (unpaired) electrons. The molecule has 1 fully saturated rings. The molecule has 13 heavy (non-hydrogen) atoms. The zero-order valence-electron chi connectivity index (χ0n) is 8.00. The van der Waals surface area contributed by atoms with Crippen LogP contribution < -0.4 is 0 Å². The lowest BCUT2D eigenvalue weighted by Gasteiger charge is -2.34. The van der Waals surface area contributed by atoms with E-state index in [1.165, 1.54) is 0 Å². The van der Waals surface area contributed by atoms with Gasteiger partial charge in [-0.1, -0.05) is 5.16 Å². The maximum Gasteiger partial charge on any atom is 0.0832 e. The molecule has 0 aromatic heterocycles. The van der Waals surface area contributed by atoms with Crippen LogP contribution in [0.25, 0.3) is 0 Å². The van der Waals surface area contributed by atoms with E-state index in [4.69, 9.17) is 16.8 Å². The van der Waals surface area contributed by atoms with E-state index in [1.54, 1.807) is 6.92 Å². The molecule has 0 saturated heterocycles. The second kappa shape index (κ2) is 3.84. The van der Waals surface area contributed by atoms with Crippen molar-refractivity contribution < 1.29 is 10.3 Å². The Morgan fingerprint density at radius 2 is 2.31 bits per heavy atom. The van der Waals surface area contributed by atoms with E-state index < -0.39 is 4.87 Å². The fourth-order valence-corrected chi connectivity index (χ4v) is 1.94. The molecular formula is C9H16ClNO2. The molecule has 0 aromatic rings. The lowest BCUT2D eigenvalue weighted by molar-refractivity contribution is 0.115. The predicted octanol–water partition coefficient (Wildman–Crippen LogP) is 1.99. The van der Waals surface area contributed by atoms with E-state index in [-0.39, 0.29) is 12.0 Å². The summed E-state index contributed by atoms with van der Waals surface area (Å²) in [5.41, 5.74) is 0.589. The van der Waals surface area contributed by atoms with E-state index in [9.17, 15) is 5.11 Å². The first-order valence-corrected chi connectivity index (χ1v) is 4.93. The second-order valence-electron chi connectivity index (χ2n) is 3.99. The maximum atomic E-state index is 9.38. The summed E-state index contributed by atoms with van der Waals surface area (Å²) < 4.78 is 0. The van der Waals surface area contributed by atoms with Crippen molar-refractivity contribution in [2.75, 3.05) is 0 Å². The van der Waals surface area contributed by atoms with Gasteiger partial charge in [-0.2, -0.15) is 0 Å². The molecule has 4 heteroatoms. The summed E-state index contributed by atoms with van der Waals surface area (Å²) in [5, 5.41) is 21.3. The molecule has 0 amide bonds. The Morgan fingerprint density at radius 3 is 2.77 bits per heavy atom. The van der Waals surface area contributed by atoms with Gasteiger partial charge < -0.3 is 10.3 Å². The molecule has 1 aliphatic carbocycles. The third kappa shape index (κ3) is 2.35. The number of halogens is 1. The Kier molecular flexibility index (Phi) is 3.19. The van der Waals surface area contributed by atoms with E-state index in [0.717, 1.165) is 12.8 Å². The highest BCUT2D eigenvalue weighted by molar-refractivity contribution is 6.36. The Bertz CT molecular complexity index is 214. The van der Waals surface area contributed by atoms with Gasteiger partial charge in [-0.25, -0.2) is 0 Å². The predicted molar refractivity (Wildman–Crippen MR) is 52.5 cm³/mol. The van der Waals surface area contributed by atoms with E-state index in [0.29, 0.717) is 12.1 Å². The van der Waals surface area contributed by atoms with Gasteiger partial charge in [-0.05, 0) is 39.0 Å². The van der Waals surface area contributed by atoms with Crippen molar-refractivity contribution in [3.8, 4) is 0 Å². The summed E-state index contributed by atoms with van der Waals surface area (Å²) in [6.45, 7) is 3.61. The van der Waals surface area contributed by atoms with Gasteiger partial charge in [0.1, 0.15) is 0 Å². The standard InChI is InChI=1S/C9H16ClNO2/c1-6(12)7-3-4-9(2,10)8(5-7)11-13/h6-7,12-13H,3-5H2,1-2H3. The summed E-state index contributed by atoms with van der Waals surface area (Å²) >= 11 is 6.14. The normalized spacial score (nSPS) is 40.6. The minimum absolute atomic E-state index is 0.178. The number of oxime groups is 1. The van der Waals surface area contributed by atoms with Crippen LogP contribution in [0.2, 0.25) is 0 Å². The fraction of sp³-hybridized carbons (Fsp3) is 0.889. The molecule has 3 unspecified atom stereocenters. The van der Waals surface area contributed by atoms with Gasteiger partial charge >= 0.3 is 0 Å². The first-order valence-electron chi connectivity index (χ1n) is 4.56. The van der Waals surface area contributed by atoms with Crippen LogP contribution in [0.5, 0.6) is 0 Å². The highest BCUT2D eigenvalue weighted by Gasteiger charge is 2.37. The molecule has 0 aliphatic heterocycles. The van der Waals surface area contributed by atoms with Crippen molar-refractivity contribution in [2.45, 2.75) is 44.1 Å². The second-order valence-corrected chi connectivity index (χ2v) is 4.82.